The number of pyridine rings is 1. The zero-order valence-corrected chi connectivity index (χ0v) is 19.1. The number of carbonyl (C=O) groups is 1. The number of alkyl carbamates (subject to hydrolysis) is 1. The summed E-state index contributed by atoms with van der Waals surface area (Å²) in [4.78, 5) is 17.4. The first-order valence-corrected chi connectivity index (χ1v) is 10.7. The van der Waals surface area contributed by atoms with Gasteiger partial charge >= 0.3 is 6.09 Å². The van der Waals surface area contributed by atoms with Gasteiger partial charge in [0.15, 0.2) is 0 Å². The van der Waals surface area contributed by atoms with Crippen LogP contribution in [0.5, 0.6) is 0 Å². The van der Waals surface area contributed by atoms with E-state index in [1.807, 2.05) is 83.7 Å². The number of ether oxygens (including phenoxy) is 1. The van der Waals surface area contributed by atoms with Gasteiger partial charge in [-0.25, -0.2) is 9.78 Å². The molecule has 8 nitrogen and oxygen atoms in total. The summed E-state index contributed by atoms with van der Waals surface area (Å²) >= 11 is 0. The molecule has 3 aromatic rings. The molecule has 2 atom stereocenters. The molecule has 0 unspecified atom stereocenters. The Morgan fingerprint density at radius 1 is 1.16 bits per heavy atom. The Morgan fingerprint density at radius 2 is 1.91 bits per heavy atom. The number of hydrogen-bond donors (Lipinski definition) is 3. The van der Waals surface area contributed by atoms with Crippen molar-refractivity contribution < 1.29 is 9.53 Å². The molecule has 1 aliphatic heterocycles. The van der Waals surface area contributed by atoms with E-state index in [0.717, 1.165) is 28.2 Å². The van der Waals surface area contributed by atoms with E-state index in [4.69, 9.17) is 4.74 Å². The van der Waals surface area contributed by atoms with Crippen molar-refractivity contribution in [1.82, 2.24) is 20.1 Å². The predicted molar refractivity (Wildman–Crippen MR) is 126 cm³/mol. The van der Waals surface area contributed by atoms with Gasteiger partial charge in [0.05, 0.1) is 23.5 Å². The number of benzene rings is 1. The summed E-state index contributed by atoms with van der Waals surface area (Å²) in [5.41, 5.74) is 2.56. The lowest BCUT2D eigenvalue weighted by molar-refractivity contribution is 0.0450. The van der Waals surface area contributed by atoms with Crippen molar-refractivity contribution in [3.05, 3.63) is 60.6 Å². The molecule has 0 saturated carbocycles. The van der Waals surface area contributed by atoms with E-state index in [1.54, 1.807) is 4.68 Å². The van der Waals surface area contributed by atoms with E-state index in [9.17, 15) is 4.79 Å². The monoisotopic (exact) mass is 434 g/mol. The maximum absolute atomic E-state index is 12.7. The van der Waals surface area contributed by atoms with Crippen LogP contribution in [-0.2, 0) is 17.3 Å². The number of aryl methyl sites for hydroxylation is 1. The molecule has 8 heteroatoms. The zero-order valence-electron chi connectivity index (χ0n) is 19.1. The molecule has 3 N–H and O–H groups in total. The number of nitrogens with zero attached hydrogens (tertiary/aromatic N) is 3. The molecule has 1 amide bonds. The molecule has 0 spiro atoms. The summed E-state index contributed by atoms with van der Waals surface area (Å²) in [5, 5.41) is 14.3. The third kappa shape index (κ3) is 4.54. The van der Waals surface area contributed by atoms with E-state index < -0.39 is 17.2 Å². The van der Waals surface area contributed by atoms with Crippen molar-refractivity contribution in [1.29, 1.82) is 0 Å². The van der Waals surface area contributed by atoms with Gasteiger partial charge in [0.25, 0.3) is 0 Å². The van der Waals surface area contributed by atoms with Gasteiger partial charge < -0.3 is 20.7 Å². The first kappa shape index (κ1) is 21.7. The fourth-order valence-corrected chi connectivity index (χ4v) is 3.88. The molecule has 0 bridgehead atoms. The standard InChI is InChI=1S/C24H30N6O2/c1-23(2,3)32-22(31)29-24(4,18-9-7-6-8-10-18)20-14-25-19-11-16(12-26-21(19)28-20)17-13-27-30(5)15-17/h6-13,15,20,25H,14H2,1-5H3,(H,26,28)(H,29,31)/t20-,24-/m1/s1. The Kier molecular flexibility index (Phi) is 5.54. The van der Waals surface area contributed by atoms with E-state index in [2.05, 4.69) is 32.1 Å². The molecule has 32 heavy (non-hydrogen) atoms. The van der Waals surface area contributed by atoms with Gasteiger partial charge in [0, 0.05) is 37.1 Å². The molecular weight excluding hydrogens is 404 g/mol. The van der Waals surface area contributed by atoms with E-state index in [-0.39, 0.29) is 6.04 Å². The Bertz CT molecular complexity index is 1110. The summed E-state index contributed by atoms with van der Waals surface area (Å²) in [6, 6.07) is 11.8. The SMILES string of the molecule is Cn1cc(-c2cnc3c(c2)NC[C@H]([C@](C)(NC(=O)OC(C)(C)C)c2ccccc2)N3)cn1. The highest BCUT2D eigenvalue weighted by Crippen LogP contribution is 2.35. The smallest absolute Gasteiger partial charge is 0.408 e. The van der Waals surface area contributed by atoms with Gasteiger partial charge in [0.1, 0.15) is 11.4 Å². The highest BCUT2D eigenvalue weighted by Gasteiger charge is 2.40. The lowest BCUT2D eigenvalue weighted by atomic mass is 9.83. The molecule has 4 rings (SSSR count). The minimum Gasteiger partial charge on any atom is -0.444 e. The first-order valence-electron chi connectivity index (χ1n) is 10.7. The maximum Gasteiger partial charge on any atom is 0.408 e. The number of hydrogen-bond acceptors (Lipinski definition) is 6. The highest BCUT2D eigenvalue weighted by molar-refractivity contribution is 5.76. The average molecular weight is 435 g/mol. The van der Waals surface area contributed by atoms with Crippen molar-refractivity contribution in [2.75, 3.05) is 17.2 Å². The summed E-state index contributed by atoms with van der Waals surface area (Å²) in [5.74, 6) is 0.738. The lowest BCUT2D eigenvalue weighted by Crippen LogP contribution is -2.59. The number of amides is 1. The average Bonchev–Trinajstić information content (AvgIpc) is 3.18. The second-order valence-electron chi connectivity index (χ2n) is 9.30. The molecular formula is C24H30N6O2. The Morgan fingerprint density at radius 3 is 2.56 bits per heavy atom. The second-order valence-corrected chi connectivity index (χ2v) is 9.30. The molecule has 0 aliphatic carbocycles. The molecule has 0 fully saturated rings. The third-order valence-electron chi connectivity index (χ3n) is 5.56. The molecule has 1 aliphatic rings. The van der Waals surface area contributed by atoms with Crippen molar-refractivity contribution >= 4 is 17.6 Å². The van der Waals surface area contributed by atoms with Crippen LogP contribution in [0.2, 0.25) is 0 Å². The van der Waals surface area contributed by atoms with Crippen LogP contribution in [-0.4, -0.2) is 39.0 Å². The molecule has 0 radical (unpaired) electrons. The van der Waals surface area contributed by atoms with Crippen LogP contribution >= 0.6 is 0 Å². The number of carbonyl (C=O) groups excluding carboxylic acids is 1. The van der Waals surface area contributed by atoms with Crippen LogP contribution in [0.3, 0.4) is 0 Å². The second kappa shape index (κ2) is 8.18. The van der Waals surface area contributed by atoms with Crippen LogP contribution in [0.4, 0.5) is 16.3 Å². The minimum absolute atomic E-state index is 0.165. The fourth-order valence-electron chi connectivity index (χ4n) is 3.88. The fraction of sp³-hybridized carbons (Fsp3) is 0.375. The number of rotatable bonds is 4. The summed E-state index contributed by atoms with van der Waals surface area (Å²) in [6.45, 7) is 8.15. The van der Waals surface area contributed by atoms with Gasteiger partial charge in [-0.1, -0.05) is 30.3 Å². The number of fused-ring (bicyclic) bond motifs is 1. The van der Waals surface area contributed by atoms with E-state index in [0.29, 0.717) is 6.54 Å². The number of aromatic nitrogens is 3. The van der Waals surface area contributed by atoms with Crippen molar-refractivity contribution in [2.45, 2.75) is 44.9 Å². The van der Waals surface area contributed by atoms with Crippen LogP contribution in [0.15, 0.2) is 55.0 Å². The predicted octanol–water partition coefficient (Wildman–Crippen LogP) is 4.13. The largest absolute Gasteiger partial charge is 0.444 e. The lowest BCUT2D eigenvalue weighted by Gasteiger charge is -2.42. The van der Waals surface area contributed by atoms with Gasteiger partial charge in [0.2, 0.25) is 0 Å². The van der Waals surface area contributed by atoms with E-state index >= 15 is 0 Å². The quantitative estimate of drug-likeness (QED) is 0.572. The van der Waals surface area contributed by atoms with Crippen LogP contribution < -0.4 is 16.0 Å². The van der Waals surface area contributed by atoms with Crippen LogP contribution in [0, 0.1) is 0 Å². The van der Waals surface area contributed by atoms with Gasteiger partial charge in [-0.2, -0.15) is 5.10 Å². The topological polar surface area (TPSA) is 93.1 Å². The molecule has 1 aromatic carbocycles. The molecule has 0 saturated heterocycles. The number of anilines is 2. The molecule has 3 heterocycles. The maximum atomic E-state index is 12.7. The first-order chi connectivity index (χ1) is 15.1. The van der Waals surface area contributed by atoms with Gasteiger partial charge in [-0.05, 0) is 39.3 Å². The molecule has 168 valence electrons. The Balaban J connectivity index is 1.61. The van der Waals surface area contributed by atoms with Crippen molar-refractivity contribution in [2.24, 2.45) is 7.05 Å². The zero-order chi connectivity index (χ0) is 22.9. The Hall–Kier alpha value is -3.55. The van der Waals surface area contributed by atoms with Gasteiger partial charge in [-0.3, -0.25) is 4.68 Å². The summed E-state index contributed by atoms with van der Waals surface area (Å²) in [7, 11) is 1.89. The molecule has 2 aromatic heterocycles. The summed E-state index contributed by atoms with van der Waals surface area (Å²) in [6.07, 6.45) is 5.14. The van der Waals surface area contributed by atoms with Gasteiger partial charge in [-0.15, -0.1) is 0 Å². The van der Waals surface area contributed by atoms with Crippen LogP contribution in [0.1, 0.15) is 33.3 Å². The van der Waals surface area contributed by atoms with E-state index in [1.165, 1.54) is 0 Å². The van der Waals surface area contributed by atoms with Crippen molar-refractivity contribution in [3.63, 3.8) is 0 Å². The Labute approximate surface area is 188 Å². The normalized spacial score (nSPS) is 17.3. The highest BCUT2D eigenvalue weighted by atomic mass is 16.6. The number of nitrogens with one attached hydrogen (secondary N) is 3. The van der Waals surface area contributed by atoms with Crippen LogP contribution in [0.25, 0.3) is 11.1 Å². The van der Waals surface area contributed by atoms with Crippen molar-refractivity contribution in [3.8, 4) is 11.1 Å². The summed E-state index contributed by atoms with van der Waals surface area (Å²) < 4.78 is 7.33. The minimum atomic E-state index is -0.738. The third-order valence-corrected chi connectivity index (χ3v) is 5.56.